The van der Waals surface area contributed by atoms with Crippen LogP contribution in [0, 0.1) is 0 Å². The SMILES string of the molecule is CC(C)(C)c1cncc(C(F)(F)C(C)(C)O)c1. The number of aromatic nitrogens is 1. The minimum Gasteiger partial charge on any atom is -0.384 e. The molecule has 0 fully saturated rings. The molecule has 1 aromatic rings. The first-order valence-electron chi connectivity index (χ1n) is 5.52. The Bertz CT molecular complexity index is 403. The smallest absolute Gasteiger partial charge is 0.302 e. The number of pyridine rings is 1. The lowest BCUT2D eigenvalue weighted by Gasteiger charge is -2.30. The first kappa shape index (κ1) is 14.0. The summed E-state index contributed by atoms with van der Waals surface area (Å²) >= 11 is 0. The number of hydrogen-bond acceptors (Lipinski definition) is 2. The fraction of sp³-hybridized carbons (Fsp3) is 0.615. The zero-order valence-corrected chi connectivity index (χ0v) is 10.9. The van der Waals surface area contributed by atoms with Gasteiger partial charge in [-0.2, -0.15) is 8.78 Å². The van der Waals surface area contributed by atoms with Crippen molar-refractivity contribution in [3.05, 3.63) is 29.6 Å². The van der Waals surface area contributed by atoms with Gasteiger partial charge >= 0.3 is 5.92 Å². The van der Waals surface area contributed by atoms with Crippen molar-refractivity contribution >= 4 is 0 Å². The zero-order valence-electron chi connectivity index (χ0n) is 10.9. The summed E-state index contributed by atoms with van der Waals surface area (Å²) in [5, 5.41) is 9.51. The topological polar surface area (TPSA) is 33.1 Å². The van der Waals surface area contributed by atoms with Crippen molar-refractivity contribution in [1.29, 1.82) is 0 Å². The van der Waals surface area contributed by atoms with Crippen LogP contribution in [0.1, 0.15) is 45.7 Å². The number of rotatable bonds is 2. The van der Waals surface area contributed by atoms with Gasteiger partial charge in [0.1, 0.15) is 5.60 Å². The van der Waals surface area contributed by atoms with E-state index in [0.717, 1.165) is 25.6 Å². The molecule has 0 aliphatic carbocycles. The van der Waals surface area contributed by atoms with Crippen LogP contribution in [0.4, 0.5) is 8.78 Å². The molecule has 0 spiro atoms. The highest BCUT2D eigenvalue weighted by Crippen LogP contribution is 2.39. The van der Waals surface area contributed by atoms with E-state index < -0.39 is 11.5 Å². The molecule has 0 bridgehead atoms. The van der Waals surface area contributed by atoms with Crippen molar-refractivity contribution in [2.24, 2.45) is 0 Å². The second-order valence-electron chi connectivity index (χ2n) is 5.85. The molecule has 1 N–H and O–H groups in total. The monoisotopic (exact) mass is 243 g/mol. The molecule has 0 radical (unpaired) electrons. The maximum atomic E-state index is 13.9. The molecule has 1 heterocycles. The maximum absolute atomic E-state index is 13.9. The molecule has 1 aromatic heterocycles. The molecule has 0 aromatic carbocycles. The van der Waals surface area contributed by atoms with Gasteiger partial charge in [0.05, 0.1) is 0 Å². The minimum absolute atomic E-state index is 0.251. The van der Waals surface area contributed by atoms with E-state index in [1.54, 1.807) is 6.20 Å². The molecule has 2 nitrogen and oxygen atoms in total. The van der Waals surface area contributed by atoms with Gasteiger partial charge in [0, 0.05) is 18.0 Å². The molecule has 0 aliphatic rings. The van der Waals surface area contributed by atoms with Gasteiger partial charge in [0.2, 0.25) is 0 Å². The molecule has 0 atom stereocenters. The molecule has 1 rings (SSSR count). The average molecular weight is 243 g/mol. The lowest BCUT2D eigenvalue weighted by molar-refractivity contribution is -0.168. The zero-order chi connectivity index (χ0) is 13.5. The summed E-state index contributed by atoms with van der Waals surface area (Å²) in [5.74, 6) is -3.32. The number of halogens is 2. The predicted molar refractivity (Wildman–Crippen MR) is 63.1 cm³/mol. The van der Waals surface area contributed by atoms with Crippen molar-refractivity contribution in [1.82, 2.24) is 4.98 Å². The lowest BCUT2D eigenvalue weighted by Crippen LogP contribution is -2.40. The van der Waals surface area contributed by atoms with E-state index in [4.69, 9.17) is 0 Å². The van der Waals surface area contributed by atoms with E-state index >= 15 is 0 Å². The molecule has 0 saturated carbocycles. The van der Waals surface area contributed by atoms with Gasteiger partial charge in [-0.25, -0.2) is 0 Å². The predicted octanol–water partition coefficient (Wildman–Crippen LogP) is 3.24. The van der Waals surface area contributed by atoms with Crippen LogP contribution >= 0.6 is 0 Å². The summed E-state index contributed by atoms with van der Waals surface area (Å²) in [5.41, 5.74) is -1.89. The van der Waals surface area contributed by atoms with Crippen molar-refractivity contribution in [2.75, 3.05) is 0 Å². The van der Waals surface area contributed by atoms with Gasteiger partial charge in [-0.1, -0.05) is 20.8 Å². The van der Waals surface area contributed by atoms with Crippen LogP contribution in [0.15, 0.2) is 18.5 Å². The Balaban J connectivity index is 3.26. The standard InChI is InChI=1S/C13H19F2NO/c1-11(2,3)9-6-10(8-16-7-9)13(14,15)12(4,5)17/h6-8,17H,1-5H3. The van der Waals surface area contributed by atoms with Crippen LogP contribution in [0.25, 0.3) is 0 Å². The van der Waals surface area contributed by atoms with E-state index in [1.165, 1.54) is 6.07 Å². The van der Waals surface area contributed by atoms with E-state index in [2.05, 4.69) is 4.98 Å². The van der Waals surface area contributed by atoms with Gasteiger partial charge < -0.3 is 5.11 Å². The van der Waals surface area contributed by atoms with Gasteiger partial charge in [0.25, 0.3) is 0 Å². The van der Waals surface area contributed by atoms with Crippen LogP contribution in [-0.4, -0.2) is 15.7 Å². The van der Waals surface area contributed by atoms with Gasteiger partial charge in [-0.15, -0.1) is 0 Å². The Labute approximate surface area is 101 Å². The fourth-order valence-corrected chi connectivity index (χ4v) is 1.38. The molecular formula is C13H19F2NO. The van der Waals surface area contributed by atoms with Crippen LogP contribution in [0.5, 0.6) is 0 Å². The number of nitrogens with zero attached hydrogens (tertiary/aromatic N) is 1. The highest BCUT2D eigenvalue weighted by atomic mass is 19.3. The molecule has 0 unspecified atom stereocenters. The number of hydrogen-bond donors (Lipinski definition) is 1. The summed E-state index contributed by atoms with van der Waals surface area (Å²) in [6.07, 6.45) is 2.68. The minimum atomic E-state index is -3.32. The molecule has 17 heavy (non-hydrogen) atoms. The van der Waals surface area contributed by atoms with E-state index in [9.17, 15) is 13.9 Å². The third-order valence-electron chi connectivity index (χ3n) is 2.74. The van der Waals surface area contributed by atoms with Crippen LogP contribution in [0.2, 0.25) is 0 Å². The van der Waals surface area contributed by atoms with Crippen molar-refractivity contribution in [3.63, 3.8) is 0 Å². The van der Waals surface area contributed by atoms with Gasteiger partial charge in [-0.3, -0.25) is 4.98 Å². The Morgan fingerprint density at radius 3 is 1.88 bits per heavy atom. The summed E-state index contributed by atoms with van der Waals surface area (Å²) < 4.78 is 27.9. The van der Waals surface area contributed by atoms with Gasteiger partial charge in [0.15, 0.2) is 0 Å². The van der Waals surface area contributed by atoms with Crippen LogP contribution in [0.3, 0.4) is 0 Å². The quantitative estimate of drug-likeness (QED) is 0.865. The largest absolute Gasteiger partial charge is 0.384 e. The first-order valence-corrected chi connectivity index (χ1v) is 5.52. The molecule has 96 valence electrons. The highest BCUT2D eigenvalue weighted by Gasteiger charge is 2.47. The normalized spacial score (nSPS) is 13.9. The number of aliphatic hydroxyl groups is 1. The second-order valence-corrected chi connectivity index (χ2v) is 5.85. The summed E-state index contributed by atoms with van der Waals surface area (Å²) in [6, 6.07) is 1.41. The summed E-state index contributed by atoms with van der Waals surface area (Å²) in [4.78, 5) is 3.84. The number of alkyl halides is 2. The highest BCUT2D eigenvalue weighted by molar-refractivity contribution is 5.28. The fourth-order valence-electron chi connectivity index (χ4n) is 1.38. The Hall–Kier alpha value is -1.03. The lowest BCUT2D eigenvalue weighted by atomic mass is 9.85. The maximum Gasteiger partial charge on any atom is 0.302 e. The van der Waals surface area contributed by atoms with Crippen LogP contribution < -0.4 is 0 Å². The summed E-state index contributed by atoms with van der Waals surface area (Å²) in [7, 11) is 0. The van der Waals surface area contributed by atoms with E-state index in [0.29, 0.717) is 0 Å². The van der Waals surface area contributed by atoms with E-state index in [1.807, 2.05) is 20.8 Å². The second kappa shape index (κ2) is 4.02. The molecule has 0 saturated heterocycles. The van der Waals surface area contributed by atoms with Gasteiger partial charge in [-0.05, 0) is 30.9 Å². The molecular weight excluding hydrogens is 224 g/mol. The third kappa shape index (κ3) is 2.80. The Kier molecular flexibility index (Phi) is 3.32. The molecule has 0 amide bonds. The average Bonchev–Trinajstić information content (AvgIpc) is 2.15. The van der Waals surface area contributed by atoms with Crippen molar-refractivity contribution in [3.8, 4) is 0 Å². The van der Waals surface area contributed by atoms with Crippen LogP contribution in [-0.2, 0) is 11.3 Å². The van der Waals surface area contributed by atoms with Crippen molar-refractivity contribution in [2.45, 2.75) is 51.6 Å². The van der Waals surface area contributed by atoms with Crippen molar-refractivity contribution < 1.29 is 13.9 Å². The molecule has 4 heteroatoms. The summed E-state index contributed by atoms with van der Waals surface area (Å²) in [6.45, 7) is 7.97. The molecule has 0 aliphatic heterocycles. The Morgan fingerprint density at radius 2 is 1.47 bits per heavy atom. The first-order chi connectivity index (χ1) is 7.46. The van der Waals surface area contributed by atoms with E-state index in [-0.39, 0.29) is 11.0 Å². The Morgan fingerprint density at radius 1 is 1.00 bits per heavy atom. The third-order valence-corrected chi connectivity index (χ3v) is 2.74.